The molecule has 24 heavy (non-hydrogen) atoms. The van der Waals surface area contributed by atoms with E-state index in [1.54, 1.807) is 29.7 Å². The number of thiophene rings is 1. The minimum Gasteiger partial charge on any atom is -0.353 e. The van der Waals surface area contributed by atoms with Crippen LogP contribution in [0.4, 0.5) is 16.3 Å². The number of carbonyl (C=O) groups excluding carboxylic acids is 2. The van der Waals surface area contributed by atoms with Crippen molar-refractivity contribution in [1.82, 2.24) is 15.6 Å². The Balaban J connectivity index is 1.46. The van der Waals surface area contributed by atoms with Crippen LogP contribution in [0.1, 0.15) is 4.88 Å². The number of amides is 3. The van der Waals surface area contributed by atoms with E-state index < -0.39 is 0 Å². The summed E-state index contributed by atoms with van der Waals surface area (Å²) in [5, 5.41) is 10.4. The van der Waals surface area contributed by atoms with Gasteiger partial charge < -0.3 is 20.9 Å². The molecule has 0 aromatic carbocycles. The summed E-state index contributed by atoms with van der Waals surface area (Å²) in [6.07, 6.45) is 2.42. The average molecular weight is 345 g/mol. The van der Waals surface area contributed by atoms with Crippen LogP contribution in [0.5, 0.6) is 0 Å². The van der Waals surface area contributed by atoms with Gasteiger partial charge in [0.15, 0.2) is 0 Å². The van der Waals surface area contributed by atoms with E-state index >= 15 is 0 Å². The maximum atomic E-state index is 11.9. The average Bonchev–Trinajstić information content (AvgIpc) is 3.09. The third kappa shape index (κ3) is 4.45. The van der Waals surface area contributed by atoms with Gasteiger partial charge in [-0.3, -0.25) is 4.79 Å². The molecule has 3 rings (SSSR count). The zero-order chi connectivity index (χ0) is 16.8. The Morgan fingerprint density at radius 3 is 3.00 bits per heavy atom. The zero-order valence-electron chi connectivity index (χ0n) is 13.1. The fraction of sp³-hybridized carbons (Fsp3) is 0.312. The molecule has 1 saturated heterocycles. The van der Waals surface area contributed by atoms with Crippen LogP contribution in [-0.4, -0.2) is 43.1 Å². The molecule has 1 fully saturated rings. The molecule has 126 valence electrons. The van der Waals surface area contributed by atoms with E-state index in [0.29, 0.717) is 25.3 Å². The lowest BCUT2D eigenvalue weighted by Crippen LogP contribution is -2.48. The molecule has 0 spiro atoms. The van der Waals surface area contributed by atoms with E-state index in [0.717, 1.165) is 18.8 Å². The van der Waals surface area contributed by atoms with Crippen LogP contribution in [0.3, 0.4) is 0 Å². The van der Waals surface area contributed by atoms with Crippen molar-refractivity contribution in [3.05, 3.63) is 40.7 Å². The molecule has 3 N–H and O–H groups in total. The van der Waals surface area contributed by atoms with Gasteiger partial charge in [0.2, 0.25) is 5.91 Å². The molecule has 3 amide bonds. The van der Waals surface area contributed by atoms with Gasteiger partial charge >= 0.3 is 6.03 Å². The van der Waals surface area contributed by atoms with E-state index in [-0.39, 0.29) is 11.9 Å². The molecular weight excluding hydrogens is 326 g/mol. The number of urea groups is 1. The third-order valence-corrected chi connectivity index (χ3v) is 4.54. The summed E-state index contributed by atoms with van der Waals surface area (Å²) >= 11 is 1.68. The highest BCUT2D eigenvalue weighted by Crippen LogP contribution is 2.14. The van der Waals surface area contributed by atoms with Gasteiger partial charge in [0.05, 0.1) is 18.4 Å². The first kappa shape index (κ1) is 16.3. The number of aromatic nitrogens is 1. The van der Waals surface area contributed by atoms with Crippen LogP contribution in [0.15, 0.2) is 35.8 Å². The van der Waals surface area contributed by atoms with E-state index in [4.69, 9.17) is 0 Å². The third-order valence-electron chi connectivity index (χ3n) is 3.61. The minimum atomic E-state index is -0.251. The quantitative estimate of drug-likeness (QED) is 0.765. The monoisotopic (exact) mass is 345 g/mol. The lowest BCUT2D eigenvalue weighted by atomic mass is 10.3. The van der Waals surface area contributed by atoms with E-state index in [1.165, 1.54) is 4.88 Å². The van der Waals surface area contributed by atoms with Crippen molar-refractivity contribution < 1.29 is 9.59 Å². The van der Waals surface area contributed by atoms with Crippen LogP contribution >= 0.6 is 11.3 Å². The van der Waals surface area contributed by atoms with Gasteiger partial charge in [-0.15, -0.1) is 11.3 Å². The molecule has 0 unspecified atom stereocenters. The standard InChI is InChI=1S/C16H19N5O2S/c22-15-11-21(8-7-17-15)14-4-3-12(10-19-14)20-16(23)18-6-5-13-2-1-9-24-13/h1-4,9-10H,5-8,11H2,(H,17,22)(H2,18,20,23). The largest absolute Gasteiger partial charge is 0.353 e. The fourth-order valence-corrected chi connectivity index (χ4v) is 3.12. The predicted molar refractivity (Wildman–Crippen MR) is 94.5 cm³/mol. The second kappa shape index (κ2) is 7.78. The van der Waals surface area contributed by atoms with Gasteiger partial charge in [0.1, 0.15) is 5.82 Å². The van der Waals surface area contributed by atoms with Crippen LogP contribution in [0.25, 0.3) is 0 Å². The summed E-state index contributed by atoms with van der Waals surface area (Å²) in [6.45, 7) is 2.24. The molecule has 0 saturated carbocycles. The first-order valence-electron chi connectivity index (χ1n) is 7.75. The molecule has 2 aromatic rings. The van der Waals surface area contributed by atoms with E-state index in [2.05, 4.69) is 20.9 Å². The maximum Gasteiger partial charge on any atom is 0.319 e. The van der Waals surface area contributed by atoms with Gasteiger partial charge in [0, 0.05) is 24.5 Å². The molecule has 0 atom stereocenters. The van der Waals surface area contributed by atoms with Gasteiger partial charge in [-0.25, -0.2) is 9.78 Å². The summed E-state index contributed by atoms with van der Waals surface area (Å²) in [5.74, 6) is 0.726. The van der Waals surface area contributed by atoms with Crippen molar-refractivity contribution >= 4 is 34.8 Å². The number of carbonyl (C=O) groups is 2. The molecule has 2 aromatic heterocycles. The topological polar surface area (TPSA) is 86.4 Å². The number of pyridine rings is 1. The molecule has 3 heterocycles. The molecule has 1 aliphatic heterocycles. The molecule has 0 aliphatic carbocycles. The van der Waals surface area contributed by atoms with Gasteiger partial charge in [-0.2, -0.15) is 0 Å². The number of nitrogens with zero attached hydrogens (tertiary/aromatic N) is 2. The van der Waals surface area contributed by atoms with Crippen molar-refractivity contribution in [1.29, 1.82) is 0 Å². The first-order valence-corrected chi connectivity index (χ1v) is 8.63. The van der Waals surface area contributed by atoms with Gasteiger partial charge in [-0.05, 0) is 30.0 Å². The number of hydrogen-bond acceptors (Lipinski definition) is 5. The van der Waals surface area contributed by atoms with Crippen LogP contribution < -0.4 is 20.9 Å². The number of rotatable bonds is 5. The zero-order valence-corrected chi connectivity index (χ0v) is 13.9. The Hall–Kier alpha value is -2.61. The Kier molecular flexibility index (Phi) is 5.27. The Bertz CT molecular complexity index is 687. The Labute approximate surface area is 144 Å². The summed E-state index contributed by atoms with van der Waals surface area (Å²) in [4.78, 5) is 30.7. The number of piperazine rings is 1. The molecule has 1 aliphatic rings. The van der Waals surface area contributed by atoms with Crippen LogP contribution in [0.2, 0.25) is 0 Å². The Morgan fingerprint density at radius 1 is 1.38 bits per heavy atom. The second-order valence-corrected chi connectivity index (χ2v) is 6.42. The first-order chi connectivity index (χ1) is 11.7. The minimum absolute atomic E-state index is 0.00429. The number of nitrogens with one attached hydrogen (secondary N) is 3. The van der Waals surface area contributed by atoms with Crippen molar-refractivity contribution in [3.63, 3.8) is 0 Å². The maximum absolute atomic E-state index is 11.9. The summed E-state index contributed by atoms with van der Waals surface area (Å²) in [5.41, 5.74) is 0.619. The van der Waals surface area contributed by atoms with Gasteiger partial charge in [-0.1, -0.05) is 6.07 Å². The molecule has 0 radical (unpaired) electrons. The fourth-order valence-electron chi connectivity index (χ4n) is 2.41. The molecule has 0 bridgehead atoms. The van der Waals surface area contributed by atoms with E-state index in [1.807, 2.05) is 22.4 Å². The van der Waals surface area contributed by atoms with Crippen molar-refractivity contribution in [2.24, 2.45) is 0 Å². The summed E-state index contributed by atoms with van der Waals surface area (Å²) in [7, 11) is 0. The molecular formula is C16H19N5O2S. The van der Waals surface area contributed by atoms with E-state index in [9.17, 15) is 9.59 Å². The van der Waals surface area contributed by atoms with Crippen molar-refractivity contribution in [2.45, 2.75) is 6.42 Å². The molecule has 7 nitrogen and oxygen atoms in total. The normalized spacial score (nSPS) is 14.2. The highest BCUT2D eigenvalue weighted by atomic mass is 32.1. The smallest absolute Gasteiger partial charge is 0.319 e. The lowest BCUT2D eigenvalue weighted by Gasteiger charge is -2.27. The van der Waals surface area contributed by atoms with Crippen LogP contribution in [0, 0.1) is 0 Å². The SMILES string of the molecule is O=C1CN(c2ccc(NC(=O)NCCc3cccs3)cn2)CCN1. The van der Waals surface area contributed by atoms with Crippen molar-refractivity contribution in [3.8, 4) is 0 Å². The van der Waals surface area contributed by atoms with Crippen LogP contribution in [-0.2, 0) is 11.2 Å². The van der Waals surface area contributed by atoms with Gasteiger partial charge in [0.25, 0.3) is 0 Å². The van der Waals surface area contributed by atoms with Crippen molar-refractivity contribution in [2.75, 3.05) is 36.4 Å². The second-order valence-electron chi connectivity index (χ2n) is 5.39. The number of hydrogen-bond donors (Lipinski definition) is 3. The lowest BCUT2D eigenvalue weighted by molar-refractivity contribution is -0.120. The summed E-state index contributed by atoms with van der Waals surface area (Å²) < 4.78 is 0. The highest BCUT2D eigenvalue weighted by Gasteiger charge is 2.17. The summed E-state index contributed by atoms with van der Waals surface area (Å²) in [6, 6.07) is 7.39. The Morgan fingerprint density at radius 2 is 2.29 bits per heavy atom. The predicted octanol–water partition coefficient (Wildman–Crippen LogP) is 1.44. The number of anilines is 2. The highest BCUT2D eigenvalue weighted by molar-refractivity contribution is 7.09. The molecule has 8 heteroatoms.